The van der Waals surface area contributed by atoms with Gasteiger partial charge in [-0.25, -0.2) is 0 Å². The maximum atomic E-state index is 12.0. The van der Waals surface area contributed by atoms with Crippen molar-refractivity contribution in [3.05, 3.63) is 77.9 Å². The first-order valence-corrected chi connectivity index (χ1v) is 7.70. The standard InChI is InChI=1S/C19H18N4O/c1-14-7-9-15(10-8-14)13-19(24)21-18-12-11-17(22-23-18)20-16-5-3-2-4-6-16/h2-12H,13H2,1H3,(H,20,22)(H,21,23,24). The van der Waals surface area contributed by atoms with E-state index in [1.807, 2.05) is 61.5 Å². The third kappa shape index (κ3) is 4.39. The van der Waals surface area contributed by atoms with E-state index in [9.17, 15) is 4.79 Å². The van der Waals surface area contributed by atoms with Crippen LogP contribution in [0.25, 0.3) is 0 Å². The fourth-order valence-corrected chi connectivity index (χ4v) is 2.21. The molecule has 0 spiro atoms. The number of aromatic nitrogens is 2. The van der Waals surface area contributed by atoms with Crippen molar-refractivity contribution in [3.63, 3.8) is 0 Å². The molecule has 3 aromatic rings. The molecule has 2 aromatic carbocycles. The number of benzene rings is 2. The summed E-state index contributed by atoms with van der Waals surface area (Å²) in [6.45, 7) is 2.02. The second kappa shape index (κ2) is 7.37. The average molecular weight is 318 g/mol. The van der Waals surface area contributed by atoms with Crippen LogP contribution in [0.15, 0.2) is 66.7 Å². The fraction of sp³-hybridized carbons (Fsp3) is 0.105. The van der Waals surface area contributed by atoms with Crippen molar-refractivity contribution in [2.45, 2.75) is 13.3 Å². The largest absolute Gasteiger partial charge is 0.339 e. The van der Waals surface area contributed by atoms with Crippen LogP contribution in [0.1, 0.15) is 11.1 Å². The van der Waals surface area contributed by atoms with Gasteiger partial charge in [0.05, 0.1) is 6.42 Å². The molecule has 0 saturated carbocycles. The number of rotatable bonds is 5. The van der Waals surface area contributed by atoms with Crippen molar-refractivity contribution in [3.8, 4) is 0 Å². The summed E-state index contributed by atoms with van der Waals surface area (Å²) in [6.07, 6.45) is 0.311. The minimum atomic E-state index is -0.114. The van der Waals surface area contributed by atoms with Crippen LogP contribution in [-0.2, 0) is 11.2 Å². The van der Waals surface area contributed by atoms with Gasteiger partial charge in [-0.05, 0) is 36.8 Å². The molecule has 1 aromatic heterocycles. The van der Waals surface area contributed by atoms with E-state index in [2.05, 4.69) is 20.8 Å². The predicted molar refractivity (Wildman–Crippen MR) is 95.3 cm³/mol. The summed E-state index contributed by atoms with van der Waals surface area (Å²) in [5.41, 5.74) is 3.07. The first-order valence-electron chi connectivity index (χ1n) is 7.70. The van der Waals surface area contributed by atoms with Crippen molar-refractivity contribution in [1.82, 2.24) is 10.2 Å². The fourth-order valence-electron chi connectivity index (χ4n) is 2.21. The van der Waals surface area contributed by atoms with Gasteiger partial charge in [0.15, 0.2) is 11.6 Å². The van der Waals surface area contributed by atoms with E-state index in [1.54, 1.807) is 12.1 Å². The van der Waals surface area contributed by atoms with Crippen molar-refractivity contribution in [1.29, 1.82) is 0 Å². The van der Waals surface area contributed by atoms with Gasteiger partial charge in [-0.2, -0.15) is 0 Å². The number of carbonyl (C=O) groups excluding carboxylic acids is 1. The molecule has 5 nitrogen and oxygen atoms in total. The summed E-state index contributed by atoms with van der Waals surface area (Å²) in [5, 5.41) is 14.0. The van der Waals surface area contributed by atoms with E-state index in [-0.39, 0.29) is 5.91 Å². The Balaban J connectivity index is 1.57. The topological polar surface area (TPSA) is 66.9 Å². The highest BCUT2D eigenvalue weighted by molar-refractivity contribution is 5.91. The Morgan fingerprint density at radius 3 is 2.21 bits per heavy atom. The van der Waals surface area contributed by atoms with Gasteiger partial charge in [0.1, 0.15) is 0 Å². The molecule has 120 valence electrons. The molecule has 0 fully saturated rings. The van der Waals surface area contributed by atoms with Crippen LogP contribution in [0.3, 0.4) is 0 Å². The van der Waals surface area contributed by atoms with Crippen molar-refractivity contribution in [2.75, 3.05) is 10.6 Å². The molecule has 1 heterocycles. The molecular weight excluding hydrogens is 300 g/mol. The van der Waals surface area contributed by atoms with Crippen LogP contribution >= 0.6 is 0 Å². The Hall–Kier alpha value is -3.21. The summed E-state index contributed by atoms with van der Waals surface area (Å²) < 4.78 is 0. The van der Waals surface area contributed by atoms with Gasteiger partial charge >= 0.3 is 0 Å². The molecule has 0 unspecified atom stereocenters. The number of para-hydroxylation sites is 1. The Morgan fingerprint density at radius 2 is 1.54 bits per heavy atom. The van der Waals surface area contributed by atoms with E-state index in [4.69, 9.17) is 0 Å². The summed E-state index contributed by atoms with van der Waals surface area (Å²) in [4.78, 5) is 12.0. The number of nitrogens with one attached hydrogen (secondary N) is 2. The second-order valence-corrected chi connectivity index (χ2v) is 5.51. The predicted octanol–water partition coefficient (Wildman–Crippen LogP) is 3.71. The molecule has 0 aliphatic carbocycles. The van der Waals surface area contributed by atoms with Gasteiger partial charge < -0.3 is 10.6 Å². The van der Waals surface area contributed by atoms with Gasteiger partial charge in [0.25, 0.3) is 0 Å². The lowest BCUT2D eigenvalue weighted by Gasteiger charge is -2.07. The lowest BCUT2D eigenvalue weighted by Crippen LogP contribution is -2.15. The molecule has 0 saturated heterocycles. The molecule has 0 aliphatic rings. The quantitative estimate of drug-likeness (QED) is 0.752. The minimum Gasteiger partial charge on any atom is -0.339 e. The second-order valence-electron chi connectivity index (χ2n) is 5.51. The van der Waals surface area contributed by atoms with Crippen LogP contribution in [0, 0.1) is 6.92 Å². The molecule has 0 bridgehead atoms. The third-order valence-electron chi connectivity index (χ3n) is 3.46. The van der Waals surface area contributed by atoms with E-state index >= 15 is 0 Å². The van der Waals surface area contributed by atoms with Crippen LogP contribution in [0.2, 0.25) is 0 Å². The Morgan fingerprint density at radius 1 is 0.875 bits per heavy atom. The molecule has 0 aliphatic heterocycles. The van der Waals surface area contributed by atoms with Gasteiger partial charge in [-0.15, -0.1) is 10.2 Å². The number of hydrogen-bond donors (Lipinski definition) is 2. The normalized spacial score (nSPS) is 10.2. The van der Waals surface area contributed by atoms with Gasteiger partial charge in [-0.3, -0.25) is 4.79 Å². The zero-order valence-corrected chi connectivity index (χ0v) is 13.4. The molecule has 1 amide bonds. The van der Waals surface area contributed by atoms with Crippen LogP contribution in [0.5, 0.6) is 0 Å². The van der Waals surface area contributed by atoms with Crippen molar-refractivity contribution >= 4 is 23.2 Å². The summed E-state index contributed by atoms with van der Waals surface area (Å²) >= 11 is 0. The van der Waals surface area contributed by atoms with Gasteiger partial charge in [0, 0.05) is 5.69 Å². The van der Waals surface area contributed by atoms with Gasteiger partial charge in [0.2, 0.25) is 5.91 Å². The zero-order valence-electron chi connectivity index (χ0n) is 13.4. The molecule has 0 radical (unpaired) electrons. The highest BCUT2D eigenvalue weighted by Crippen LogP contribution is 2.14. The average Bonchev–Trinajstić information content (AvgIpc) is 2.60. The lowest BCUT2D eigenvalue weighted by atomic mass is 10.1. The summed E-state index contributed by atoms with van der Waals surface area (Å²) in [7, 11) is 0. The SMILES string of the molecule is Cc1ccc(CC(=O)Nc2ccc(Nc3ccccc3)nn2)cc1. The van der Waals surface area contributed by atoms with E-state index in [0.717, 1.165) is 11.3 Å². The Labute approximate surface area is 140 Å². The first kappa shape index (κ1) is 15.7. The highest BCUT2D eigenvalue weighted by atomic mass is 16.1. The number of amides is 1. The molecule has 2 N–H and O–H groups in total. The minimum absolute atomic E-state index is 0.114. The van der Waals surface area contributed by atoms with Crippen molar-refractivity contribution in [2.24, 2.45) is 0 Å². The number of hydrogen-bond acceptors (Lipinski definition) is 4. The third-order valence-corrected chi connectivity index (χ3v) is 3.46. The number of aryl methyl sites for hydroxylation is 1. The number of carbonyl (C=O) groups is 1. The maximum Gasteiger partial charge on any atom is 0.229 e. The van der Waals surface area contributed by atoms with Crippen LogP contribution < -0.4 is 10.6 Å². The highest BCUT2D eigenvalue weighted by Gasteiger charge is 2.06. The smallest absolute Gasteiger partial charge is 0.229 e. The Kier molecular flexibility index (Phi) is 4.81. The lowest BCUT2D eigenvalue weighted by molar-refractivity contribution is -0.115. The van der Waals surface area contributed by atoms with E-state index < -0.39 is 0 Å². The number of anilines is 3. The van der Waals surface area contributed by atoms with E-state index in [1.165, 1.54) is 5.56 Å². The zero-order chi connectivity index (χ0) is 16.8. The molecule has 3 rings (SSSR count). The monoisotopic (exact) mass is 318 g/mol. The Bertz CT molecular complexity index is 799. The number of nitrogens with zero attached hydrogens (tertiary/aromatic N) is 2. The molecule has 5 heteroatoms. The summed E-state index contributed by atoms with van der Waals surface area (Å²) in [5.74, 6) is 0.945. The maximum absolute atomic E-state index is 12.0. The van der Waals surface area contributed by atoms with Crippen molar-refractivity contribution < 1.29 is 4.79 Å². The van der Waals surface area contributed by atoms with Crippen LogP contribution in [-0.4, -0.2) is 16.1 Å². The molecular formula is C19H18N4O. The van der Waals surface area contributed by atoms with Crippen LogP contribution in [0.4, 0.5) is 17.3 Å². The molecule has 24 heavy (non-hydrogen) atoms. The van der Waals surface area contributed by atoms with Gasteiger partial charge in [-0.1, -0.05) is 48.0 Å². The van der Waals surface area contributed by atoms with E-state index in [0.29, 0.717) is 18.1 Å². The summed E-state index contributed by atoms with van der Waals surface area (Å²) in [6, 6.07) is 21.1. The first-order chi connectivity index (χ1) is 11.7. The molecule has 0 atom stereocenters.